The molecule has 0 atom stereocenters. The summed E-state index contributed by atoms with van der Waals surface area (Å²) in [5.74, 6) is 0. The fraction of sp³-hybridized carbons (Fsp3) is 0.222. The maximum Gasteiger partial charge on any atom is 0.138 e. The van der Waals surface area contributed by atoms with Gasteiger partial charge >= 0.3 is 0 Å². The average molecular weight is 218 g/mol. The molecule has 1 heterocycles. The third kappa shape index (κ3) is 3.25. The second-order valence-corrected chi connectivity index (χ2v) is 3.02. The van der Waals surface area contributed by atoms with E-state index < -0.39 is 0 Å². The SMILES string of the molecule is CCOC=Cc1ccc(Cl)nc1Cl. The molecule has 0 fully saturated rings. The van der Waals surface area contributed by atoms with Gasteiger partial charge in [-0.2, -0.15) is 0 Å². The lowest BCUT2D eigenvalue weighted by Crippen LogP contribution is -1.82. The van der Waals surface area contributed by atoms with Crippen molar-refractivity contribution < 1.29 is 4.74 Å². The zero-order valence-electron chi connectivity index (χ0n) is 7.13. The van der Waals surface area contributed by atoms with Crippen molar-refractivity contribution >= 4 is 29.3 Å². The standard InChI is InChI=1S/C9H9Cl2NO/c1-2-13-6-5-7-3-4-8(10)12-9(7)11/h3-6H,2H2,1H3. The molecule has 2 nitrogen and oxygen atoms in total. The van der Waals surface area contributed by atoms with Crippen LogP contribution in [0.15, 0.2) is 18.4 Å². The first-order valence-corrected chi connectivity index (χ1v) is 4.60. The molecule has 0 aromatic carbocycles. The Hall–Kier alpha value is -0.730. The van der Waals surface area contributed by atoms with Crippen molar-refractivity contribution in [3.63, 3.8) is 0 Å². The number of hydrogen-bond acceptors (Lipinski definition) is 2. The zero-order valence-corrected chi connectivity index (χ0v) is 8.64. The van der Waals surface area contributed by atoms with E-state index in [2.05, 4.69) is 4.98 Å². The number of ether oxygens (including phenoxy) is 1. The summed E-state index contributed by atoms with van der Waals surface area (Å²) in [4.78, 5) is 3.88. The van der Waals surface area contributed by atoms with Crippen LogP contribution < -0.4 is 0 Å². The molecule has 0 spiro atoms. The lowest BCUT2D eigenvalue weighted by molar-refractivity contribution is 0.272. The highest BCUT2D eigenvalue weighted by atomic mass is 35.5. The highest BCUT2D eigenvalue weighted by molar-refractivity contribution is 6.33. The molecule has 0 unspecified atom stereocenters. The summed E-state index contributed by atoms with van der Waals surface area (Å²) >= 11 is 11.4. The Morgan fingerprint density at radius 1 is 1.46 bits per heavy atom. The van der Waals surface area contributed by atoms with Crippen LogP contribution in [0, 0.1) is 0 Å². The van der Waals surface area contributed by atoms with E-state index >= 15 is 0 Å². The Balaban J connectivity index is 2.77. The molecule has 1 rings (SSSR count). The van der Waals surface area contributed by atoms with Gasteiger partial charge in [0.05, 0.1) is 12.9 Å². The van der Waals surface area contributed by atoms with Crippen molar-refractivity contribution in [2.75, 3.05) is 6.61 Å². The van der Waals surface area contributed by atoms with Crippen molar-refractivity contribution in [3.05, 3.63) is 34.3 Å². The summed E-state index contributed by atoms with van der Waals surface area (Å²) in [6.45, 7) is 2.54. The first-order chi connectivity index (χ1) is 6.24. The molecule has 0 saturated heterocycles. The number of nitrogens with zero attached hydrogens (tertiary/aromatic N) is 1. The molecule has 0 radical (unpaired) electrons. The van der Waals surface area contributed by atoms with Gasteiger partial charge in [0, 0.05) is 5.56 Å². The summed E-state index contributed by atoms with van der Waals surface area (Å²) in [6.07, 6.45) is 3.33. The Kier molecular flexibility index (Phi) is 4.06. The van der Waals surface area contributed by atoms with Gasteiger partial charge in [-0.1, -0.05) is 23.2 Å². The van der Waals surface area contributed by atoms with E-state index in [0.29, 0.717) is 16.9 Å². The van der Waals surface area contributed by atoms with E-state index in [1.54, 1.807) is 24.5 Å². The van der Waals surface area contributed by atoms with Crippen LogP contribution >= 0.6 is 23.2 Å². The molecule has 70 valence electrons. The fourth-order valence-corrected chi connectivity index (χ4v) is 1.17. The smallest absolute Gasteiger partial charge is 0.138 e. The van der Waals surface area contributed by atoms with E-state index in [1.807, 2.05) is 6.92 Å². The monoisotopic (exact) mass is 217 g/mol. The molecule has 0 aliphatic heterocycles. The van der Waals surface area contributed by atoms with Gasteiger partial charge in [0.15, 0.2) is 0 Å². The summed E-state index contributed by atoms with van der Waals surface area (Å²) in [6, 6.07) is 3.46. The Labute approximate surface area is 87.1 Å². The summed E-state index contributed by atoms with van der Waals surface area (Å²) in [5.41, 5.74) is 0.791. The second-order valence-electron chi connectivity index (χ2n) is 2.27. The number of pyridine rings is 1. The zero-order chi connectivity index (χ0) is 9.68. The van der Waals surface area contributed by atoms with Gasteiger partial charge in [-0.15, -0.1) is 0 Å². The molecule has 0 aliphatic carbocycles. The molecule has 0 bridgehead atoms. The Morgan fingerprint density at radius 3 is 2.85 bits per heavy atom. The van der Waals surface area contributed by atoms with E-state index in [-0.39, 0.29) is 0 Å². The van der Waals surface area contributed by atoms with Gasteiger partial charge in [0.25, 0.3) is 0 Å². The molecule has 0 saturated carbocycles. The maximum atomic E-state index is 5.81. The molecule has 1 aromatic rings. The first kappa shape index (κ1) is 10.4. The van der Waals surface area contributed by atoms with Crippen molar-refractivity contribution in [1.82, 2.24) is 4.98 Å². The quantitative estimate of drug-likeness (QED) is 0.573. The van der Waals surface area contributed by atoms with Crippen LogP contribution in [-0.2, 0) is 4.74 Å². The molecule has 1 aromatic heterocycles. The molecule has 0 aliphatic rings. The summed E-state index contributed by atoms with van der Waals surface area (Å²) in [7, 11) is 0. The Morgan fingerprint density at radius 2 is 2.23 bits per heavy atom. The maximum absolute atomic E-state index is 5.81. The topological polar surface area (TPSA) is 22.1 Å². The van der Waals surface area contributed by atoms with E-state index in [9.17, 15) is 0 Å². The van der Waals surface area contributed by atoms with Gasteiger partial charge in [-0.05, 0) is 25.1 Å². The molecule has 0 N–H and O–H groups in total. The van der Waals surface area contributed by atoms with E-state index in [0.717, 1.165) is 5.56 Å². The van der Waals surface area contributed by atoms with Crippen LogP contribution in [0.1, 0.15) is 12.5 Å². The van der Waals surface area contributed by atoms with Gasteiger partial charge in [0.1, 0.15) is 10.3 Å². The van der Waals surface area contributed by atoms with Crippen molar-refractivity contribution in [3.8, 4) is 0 Å². The molecule has 4 heteroatoms. The third-order valence-corrected chi connectivity index (χ3v) is 1.87. The summed E-state index contributed by atoms with van der Waals surface area (Å²) < 4.78 is 5.02. The van der Waals surface area contributed by atoms with Gasteiger partial charge < -0.3 is 4.74 Å². The highest BCUT2D eigenvalue weighted by Crippen LogP contribution is 2.17. The number of aromatic nitrogens is 1. The molecule has 0 amide bonds. The second kappa shape index (κ2) is 5.10. The fourth-order valence-electron chi connectivity index (χ4n) is 0.765. The van der Waals surface area contributed by atoms with Crippen LogP contribution in [-0.4, -0.2) is 11.6 Å². The number of hydrogen-bond donors (Lipinski definition) is 0. The molecular weight excluding hydrogens is 209 g/mol. The minimum atomic E-state index is 0.378. The van der Waals surface area contributed by atoms with Crippen LogP contribution in [0.2, 0.25) is 10.3 Å². The Bertz CT molecular complexity index is 312. The van der Waals surface area contributed by atoms with Crippen LogP contribution in [0.3, 0.4) is 0 Å². The van der Waals surface area contributed by atoms with Crippen molar-refractivity contribution in [2.45, 2.75) is 6.92 Å². The minimum Gasteiger partial charge on any atom is -0.501 e. The predicted octanol–water partition coefficient (Wildman–Crippen LogP) is 3.40. The number of rotatable bonds is 3. The minimum absolute atomic E-state index is 0.378. The van der Waals surface area contributed by atoms with Gasteiger partial charge in [-0.25, -0.2) is 4.98 Å². The first-order valence-electron chi connectivity index (χ1n) is 3.84. The van der Waals surface area contributed by atoms with Crippen molar-refractivity contribution in [2.24, 2.45) is 0 Å². The lowest BCUT2D eigenvalue weighted by atomic mass is 10.3. The predicted molar refractivity (Wildman–Crippen MR) is 54.9 cm³/mol. The van der Waals surface area contributed by atoms with Crippen molar-refractivity contribution in [1.29, 1.82) is 0 Å². The average Bonchev–Trinajstić information content (AvgIpc) is 2.09. The van der Waals surface area contributed by atoms with Crippen LogP contribution in [0.4, 0.5) is 0 Å². The van der Waals surface area contributed by atoms with Crippen LogP contribution in [0.25, 0.3) is 6.08 Å². The normalized spacial score (nSPS) is 10.7. The van der Waals surface area contributed by atoms with E-state index in [1.165, 1.54) is 0 Å². The van der Waals surface area contributed by atoms with Crippen LogP contribution in [0.5, 0.6) is 0 Å². The molecular formula is C9H9Cl2NO. The van der Waals surface area contributed by atoms with Gasteiger partial charge in [-0.3, -0.25) is 0 Å². The van der Waals surface area contributed by atoms with Gasteiger partial charge in [0.2, 0.25) is 0 Å². The molecule has 13 heavy (non-hydrogen) atoms. The third-order valence-electron chi connectivity index (χ3n) is 1.35. The lowest BCUT2D eigenvalue weighted by Gasteiger charge is -1.97. The summed E-state index contributed by atoms with van der Waals surface area (Å²) in [5, 5.41) is 0.766. The number of halogens is 2. The largest absolute Gasteiger partial charge is 0.501 e. The highest BCUT2D eigenvalue weighted by Gasteiger charge is 1.98. The van der Waals surface area contributed by atoms with E-state index in [4.69, 9.17) is 27.9 Å².